The minimum absolute atomic E-state index is 0.00682. The molecule has 202 valence electrons. The molecule has 0 radical (unpaired) electrons. The zero-order valence-corrected chi connectivity index (χ0v) is 21.6. The van der Waals surface area contributed by atoms with Crippen LogP contribution in [-0.4, -0.2) is 37.7 Å². The van der Waals surface area contributed by atoms with Crippen molar-refractivity contribution in [3.8, 4) is 16.8 Å². The van der Waals surface area contributed by atoms with Gasteiger partial charge in [-0.05, 0) is 54.4 Å². The molecule has 8 nitrogen and oxygen atoms in total. The highest BCUT2D eigenvalue weighted by Crippen LogP contribution is 2.38. The third kappa shape index (κ3) is 4.93. The Morgan fingerprint density at radius 1 is 1.00 bits per heavy atom. The SMILES string of the molecule is CNCc1ccccc1-c1ccc(N2CCc3c(C(F)(F)F)nn(-c4ccccc4S(N)(=O)=O)c3C2=O)cc1. The lowest BCUT2D eigenvalue weighted by atomic mass is 9.98. The normalized spacial score (nSPS) is 14.0. The van der Waals surface area contributed by atoms with E-state index in [0.717, 1.165) is 27.4 Å². The zero-order valence-electron chi connectivity index (χ0n) is 20.7. The van der Waals surface area contributed by atoms with Crippen molar-refractivity contribution < 1.29 is 26.4 Å². The van der Waals surface area contributed by atoms with Crippen molar-refractivity contribution in [2.45, 2.75) is 24.0 Å². The molecule has 0 atom stereocenters. The summed E-state index contributed by atoms with van der Waals surface area (Å²) in [4.78, 5) is 14.6. The van der Waals surface area contributed by atoms with E-state index in [4.69, 9.17) is 5.14 Å². The van der Waals surface area contributed by atoms with Crippen LogP contribution in [-0.2, 0) is 29.2 Å². The molecule has 2 heterocycles. The van der Waals surface area contributed by atoms with Crippen LogP contribution in [0, 0.1) is 0 Å². The average molecular weight is 556 g/mol. The van der Waals surface area contributed by atoms with Crippen molar-refractivity contribution in [1.82, 2.24) is 15.1 Å². The number of benzene rings is 3. The summed E-state index contributed by atoms with van der Waals surface area (Å²) >= 11 is 0. The first-order valence-electron chi connectivity index (χ1n) is 12.0. The molecule has 0 saturated carbocycles. The number of nitrogens with one attached hydrogen (secondary N) is 1. The monoisotopic (exact) mass is 555 g/mol. The number of hydrogen-bond acceptors (Lipinski definition) is 5. The van der Waals surface area contributed by atoms with Gasteiger partial charge in [0.05, 0.1) is 5.69 Å². The Morgan fingerprint density at radius 2 is 1.67 bits per heavy atom. The third-order valence-electron chi connectivity index (χ3n) is 6.56. The Balaban J connectivity index is 1.59. The fourth-order valence-corrected chi connectivity index (χ4v) is 5.56. The largest absolute Gasteiger partial charge is 0.435 e. The summed E-state index contributed by atoms with van der Waals surface area (Å²) in [6.45, 7) is 0.657. The molecule has 0 unspecified atom stereocenters. The number of carbonyl (C=O) groups excluding carboxylic acids is 1. The van der Waals surface area contributed by atoms with E-state index in [0.29, 0.717) is 12.2 Å². The second kappa shape index (κ2) is 9.95. The highest BCUT2D eigenvalue weighted by atomic mass is 32.2. The van der Waals surface area contributed by atoms with Crippen LogP contribution in [0.2, 0.25) is 0 Å². The van der Waals surface area contributed by atoms with E-state index >= 15 is 0 Å². The zero-order chi connectivity index (χ0) is 27.9. The number of nitrogens with zero attached hydrogens (tertiary/aromatic N) is 3. The first-order valence-corrected chi connectivity index (χ1v) is 13.5. The summed E-state index contributed by atoms with van der Waals surface area (Å²) in [5, 5.41) is 12.1. The standard InChI is InChI=1S/C27H24F3N5O3S/c1-32-16-18-6-2-3-7-20(18)17-10-12-19(13-11-17)34-15-14-21-24(26(34)36)35(33-25(21)27(28,29)30)22-8-4-5-9-23(22)39(31,37)38/h2-13,32H,14-16H2,1H3,(H2,31,37,38). The van der Waals surface area contributed by atoms with Crippen molar-refractivity contribution in [3.63, 3.8) is 0 Å². The number of aromatic nitrogens is 2. The maximum atomic E-state index is 13.9. The van der Waals surface area contributed by atoms with Gasteiger partial charge in [0.2, 0.25) is 10.0 Å². The number of carbonyl (C=O) groups is 1. The van der Waals surface area contributed by atoms with Crippen molar-refractivity contribution >= 4 is 21.6 Å². The van der Waals surface area contributed by atoms with Gasteiger partial charge < -0.3 is 10.2 Å². The van der Waals surface area contributed by atoms with Crippen molar-refractivity contribution in [2.75, 3.05) is 18.5 Å². The molecule has 0 fully saturated rings. The molecule has 1 aliphatic heterocycles. The third-order valence-corrected chi connectivity index (χ3v) is 7.52. The number of halogens is 3. The molecule has 4 aromatic rings. The number of fused-ring (bicyclic) bond motifs is 1. The topological polar surface area (TPSA) is 110 Å². The molecule has 39 heavy (non-hydrogen) atoms. The summed E-state index contributed by atoms with van der Waals surface area (Å²) in [5.41, 5.74) is 1.40. The average Bonchev–Trinajstić information content (AvgIpc) is 3.30. The molecule has 0 spiro atoms. The highest BCUT2D eigenvalue weighted by molar-refractivity contribution is 7.89. The molecule has 1 amide bonds. The Labute approximate surface area is 222 Å². The highest BCUT2D eigenvalue weighted by Gasteiger charge is 2.43. The van der Waals surface area contributed by atoms with Crippen molar-refractivity contribution in [1.29, 1.82) is 0 Å². The van der Waals surface area contributed by atoms with Gasteiger partial charge in [0.25, 0.3) is 5.91 Å². The Hall–Kier alpha value is -4.00. The van der Waals surface area contributed by atoms with E-state index < -0.39 is 32.7 Å². The summed E-state index contributed by atoms with van der Waals surface area (Å²) in [6.07, 6.45) is -4.98. The minimum Gasteiger partial charge on any atom is -0.316 e. The molecule has 5 rings (SSSR count). The summed E-state index contributed by atoms with van der Waals surface area (Å²) < 4.78 is 66.9. The Kier molecular flexibility index (Phi) is 6.79. The van der Waals surface area contributed by atoms with Gasteiger partial charge in [0.1, 0.15) is 10.6 Å². The first-order chi connectivity index (χ1) is 18.5. The molecule has 1 aromatic heterocycles. The predicted octanol–water partition coefficient (Wildman–Crippen LogP) is 4.13. The van der Waals surface area contributed by atoms with Crippen molar-refractivity contribution in [2.24, 2.45) is 5.14 Å². The smallest absolute Gasteiger partial charge is 0.316 e. The van der Waals surface area contributed by atoms with Crippen molar-refractivity contribution in [3.05, 3.63) is 95.3 Å². The molecule has 0 aliphatic carbocycles. The lowest BCUT2D eigenvalue weighted by Crippen LogP contribution is -2.39. The summed E-state index contributed by atoms with van der Waals surface area (Å²) in [6, 6.07) is 20.3. The molecule has 0 bridgehead atoms. The van der Waals surface area contributed by atoms with E-state index in [1.165, 1.54) is 23.1 Å². The van der Waals surface area contributed by atoms with Crippen LogP contribution in [0.4, 0.5) is 18.9 Å². The van der Waals surface area contributed by atoms with E-state index in [1.807, 2.05) is 43.4 Å². The number of primary sulfonamides is 1. The van der Waals surface area contributed by atoms with Gasteiger partial charge in [0.15, 0.2) is 5.69 Å². The molecule has 0 saturated heterocycles. The Bertz CT molecular complexity index is 1660. The summed E-state index contributed by atoms with van der Waals surface area (Å²) in [7, 11) is -2.47. The van der Waals surface area contributed by atoms with Crippen LogP contribution in [0.15, 0.2) is 77.7 Å². The number of sulfonamides is 1. The number of nitrogens with two attached hydrogens (primary N) is 1. The number of amides is 1. The van der Waals surface area contributed by atoms with Gasteiger partial charge in [-0.2, -0.15) is 18.3 Å². The van der Waals surface area contributed by atoms with Gasteiger partial charge in [-0.3, -0.25) is 4.79 Å². The molecular weight excluding hydrogens is 531 g/mol. The van der Waals surface area contributed by atoms with E-state index in [9.17, 15) is 26.4 Å². The van der Waals surface area contributed by atoms with Crippen LogP contribution in [0.25, 0.3) is 16.8 Å². The second-order valence-corrected chi connectivity index (χ2v) is 10.6. The van der Waals surface area contributed by atoms with E-state index in [2.05, 4.69) is 10.4 Å². The number of rotatable bonds is 6. The summed E-state index contributed by atoms with van der Waals surface area (Å²) in [5.74, 6) is -0.730. The van der Waals surface area contributed by atoms with E-state index in [-0.39, 0.29) is 29.9 Å². The number of anilines is 1. The molecule has 12 heteroatoms. The first kappa shape index (κ1) is 26.6. The van der Waals surface area contributed by atoms with Gasteiger partial charge in [-0.25, -0.2) is 18.2 Å². The quantitative estimate of drug-likeness (QED) is 0.372. The lowest BCUT2D eigenvalue weighted by molar-refractivity contribution is -0.141. The maximum Gasteiger partial charge on any atom is 0.435 e. The fraction of sp³-hybridized carbons (Fsp3) is 0.185. The number of para-hydroxylation sites is 1. The fourth-order valence-electron chi connectivity index (χ4n) is 4.85. The van der Waals surface area contributed by atoms with Gasteiger partial charge in [-0.1, -0.05) is 48.5 Å². The van der Waals surface area contributed by atoms with Gasteiger partial charge >= 0.3 is 6.18 Å². The molecule has 1 aliphatic rings. The van der Waals surface area contributed by atoms with Crippen LogP contribution in [0.5, 0.6) is 0 Å². The van der Waals surface area contributed by atoms with Crippen LogP contribution >= 0.6 is 0 Å². The number of hydrogen-bond donors (Lipinski definition) is 2. The minimum atomic E-state index is -4.85. The molecular formula is C27H24F3N5O3S. The van der Waals surface area contributed by atoms with Crippen LogP contribution in [0.1, 0.15) is 27.3 Å². The Morgan fingerprint density at radius 3 is 2.33 bits per heavy atom. The molecule has 3 aromatic carbocycles. The number of alkyl halides is 3. The second-order valence-electron chi connectivity index (χ2n) is 9.04. The predicted molar refractivity (Wildman–Crippen MR) is 140 cm³/mol. The molecule has 3 N–H and O–H groups in total. The van der Waals surface area contributed by atoms with E-state index in [1.54, 1.807) is 12.1 Å². The maximum absolute atomic E-state index is 13.9. The lowest BCUT2D eigenvalue weighted by Gasteiger charge is -2.28. The van der Waals surface area contributed by atoms with Crippen LogP contribution < -0.4 is 15.4 Å². The van der Waals surface area contributed by atoms with Gasteiger partial charge in [-0.15, -0.1) is 0 Å². The van der Waals surface area contributed by atoms with Gasteiger partial charge in [0, 0.05) is 24.3 Å². The van der Waals surface area contributed by atoms with Crippen LogP contribution in [0.3, 0.4) is 0 Å².